The summed E-state index contributed by atoms with van der Waals surface area (Å²) in [6.07, 6.45) is 3.06. The van der Waals surface area contributed by atoms with Crippen LogP contribution < -0.4 is 10.1 Å². The summed E-state index contributed by atoms with van der Waals surface area (Å²) in [4.78, 5) is 24.7. The van der Waals surface area contributed by atoms with Gasteiger partial charge in [0.1, 0.15) is 11.5 Å². The number of amides is 1. The number of rotatable bonds is 2. The van der Waals surface area contributed by atoms with Crippen LogP contribution in [0.25, 0.3) is 0 Å². The first-order valence-corrected chi connectivity index (χ1v) is 8.54. The smallest absolute Gasteiger partial charge is 0.251 e. The van der Waals surface area contributed by atoms with Crippen molar-refractivity contribution in [1.29, 1.82) is 0 Å². The summed E-state index contributed by atoms with van der Waals surface area (Å²) in [5.74, 6) is 0.603. The third kappa shape index (κ3) is 2.97. The minimum atomic E-state index is -0.202. The molecular weight excluding hydrogens is 318 g/mol. The van der Waals surface area contributed by atoms with Crippen LogP contribution in [0.3, 0.4) is 0 Å². The highest BCUT2D eigenvalue weighted by Gasteiger charge is 2.24. The van der Waals surface area contributed by atoms with Crippen molar-refractivity contribution in [2.75, 3.05) is 6.61 Å². The number of benzene rings is 2. The SMILES string of the molecule is O=C(NC1CCCc2cc(O)ccc21)c1ccc2c(c1)C(=O)CCO2. The normalized spacial score (nSPS) is 18.7. The first-order valence-electron chi connectivity index (χ1n) is 8.54. The molecule has 5 heteroatoms. The molecule has 4 rings (SSSR count). The minimum Gasteiger partial charge on any atom is -0.508 e. The summed E-state index contributed by atoms with van der Waals surface area (Å²) in [6.45, 7) is 0.392. The maximum absolute atomic E-state index is 12.7. The van der Waals surface area contributed by atoms with Gasteiger partial charge in [0.2, 0.25) is 0 Å². The van der Waals surface area contributed by atoms with E-state index in [4.69, 9.17) is 4.74 Å². The molecule has 0 spiro atoms. The summed E-state index contributed by atoms with van der Waals surface area (Å²) in [5.41, 5.74) is 3.07. The number of Topliss-reactive ketones (excluding diaryl/α,β-unsaturated/α-hetero) is 1. The van der Waals surface area contributed by atoms with E-state index >= 15 is 0 Å². The number of phenols is 1. The van der Waals surface area contributed by atoms with Crippen molar-refractivity contribution in [3.8, 4) is 11.5 Å². The molecule has 0 aromatic heterocycles. The lowest BCUT2D eigenvalue weighted by Crippen LogP contribution is -2.31. The molecule has 0 fully saturated rings. The molecule has 0 saturated carbocycles. The Bertz CT molecular complexity index is 859. The molecule has 1 heterocycles. The second-order valence-corrected chi connectivity index (χ2v) is 6.53. The Hall–Kier alpha value is -2.82. The third-order valence-electron chi connectivity index (χ3n) is 4.88. The number of hydrogen-bond donors (Lipinski definition) is 2. The molecule has 0 radical (unpaired) electrons. The Kier molecular flexibility index (Phi) is 3.92. The zero-order valence-electron chi connectivity index (χ0n) is 13.7. The quantitative estimate of drug-likeness (QED) is 0.882. The molecule has 2 aromatic rings. The van der Waals surface area contributed by atoms with Gasteiger partial charge >= 0.3 is 0 Å². The van der Waals surface area contributed by atoms with Crippen molar-refractivity contribution in [2.24, 2.45) is 0 Å². The fourth-order valence-electron chi connectivity index (χ4n) is 3.60. The van der Waals surface area contributed by atoms with E-state index in [-0.39, 0.29) is 23.5 Å². The fraction of sp³-hybridized carbons (Fsp3) is 0.300. The summed E-state index contributed by atoms with van der Waals surface area (Å²) in [6, 6.07) is 10.2. The molecular formula is C20H19NO4. The summed E-state index contributed by atoms with van der Waals surface area (Å²) in [5, 5.41) is 12.7. The van der Waals surface area contributed by atoms with Crippen molar-refractivity contribution in [3.05, 3.63) is 58.7 Å². The third-order valence-corrected chi connectivity index (χ3v) is 4.88. The van der Waals surface area contributed by atoms with Crippen molar-refractivity contribution in [2.45, 2.75) is 31.7 Å². The lowest BCUT2D eigenvalue weighted by atomic mass is 9.87. The maximum Gasteiger partial charge on any atom is 0.251 e. The fourth-order valence-corrected chi connectivity index (χ4v) is 3.60. The van der Waals surface area contributed by atoms with Gasteiger partial charge in [-0.25, -0.2) is 0 Å². The number of carbonyl (C=O) groups excluding carboxylic acids is 2. The van der Waals surface area contributed by atoms with Crippen LogP contribution >= 0.6 is 0 Å². The van der Waals surface area contributed by atoms with Gasteiger partial charge in [0.25, 0.3) is 5.91 Å². The Morgan fingerprint density at radius 2 is 2.04 bits per heavy atom. The largest absolute Gasteiger partial charge is 0.508 e. The number of aryl methyl sites for hydroxylation is 1. The van der Waals surface area contributed by atoms with E-state index < -0.39 is 0 Å². The first-order chi connectivity index (χ1) is 12.1. The topological polar surface area (TPSA) is 75.6 Å². The van der Waals surface area contributed by atoms with E-state index in [2.05, 4.69) is 5.32 Å². The lowest BCUT2D eigenvalue weighted by Gasteiger charge is -2.26. The summed E-state index contributed by atoms with van der Waals surface area (Å²) >= 11 is 0. The summed E-state index contributed by atoms with van der Waals surface area (Å²) in [7, 11) is 0. The van der Waals surface area contributed by atoms with E-state index in [1.807, 2.05) is 6.07 Å². The van der Waals surface area contributed by atoms with Gasteiger partial charge in [-0.3, -0.25) is 9.59 Å². The van der Waals surface area contributed by atoms with Crippen LogP contribution in [0.1, 0.15) is 57.1 Å². The Morgan fingerprint density at radius 1 is 1.16 bits per heavy atom. The predicted octanol–water partition coefficient (Wildman–Crippen LogP) is 3.16. The molecule has 25 heavy (non-hydrogen) atoms. The number of nitrogens with one attached hydrogen (secondary N) is 1. The Labute approximate surface area is 145 Å². The van der Waals surface area contributed by atoms with Gasteiger partial charge in [-0.15, -0.1) is 0 Å². The number of carbonyl (C=O) groups is 2. The van der Waals surface area contributed by atoms with Gasteiger partial charge in [-0.05, 0) is 60.7 Å². The number of phenolic OH excluding ortho intramolecular Hbond substituents is 1. The molecule has 1 amide bonds. The van der Waals surface area contributed by atoms with Gasteiger partial charge in [-0.1, -0.05) is 6.07 Å². The molecule has 128 valence electrons. The lowest BCUT2D eigenvalue weighted by molar-refractivity contribution is 0.0932. The second-order valence-electron chi connectivity index (χ2n) is 6.53. The highest BCUT2D eigenvalue weighted by Crippen LogP contribution is 2.32. The highest BCUT2D eigenvalue weighted by atomic mass is 16.5. The molecule has 5 nitrogen and oxygen atoms in total. The van der Waals surface area contributed by atoms with Crippen LogP contribution in [0.2, 0.25) is 0 Å². The van der Waals surface area contributed by atoms with Gasteiger partial charge in [-0.2, -0.15) is 0 Å². The van der Waals surface area contributed by atoms with E-state index in [9.17, 15) is 14.7 Å². The van der Waals surface area contributed by atoms with Crippen molar-refractivity contribution in [1.82, 2.24) is 5.32 Å². The second kappa shape index (κ2) is 6.24. The van der Waals surface area contributed by atoms with E-state index in [1.54, 1.807) is 30.3 Å². The van der Waals surface area contributed by atoms with Crippen LogP contribution in [0.15, 0.2) is 36.4 Å². The predicted molar refractivity (Wildman–Crippen MR) is 92.1 cm³/mol. The van der Waals surface area contributed by atoms with Crippen molar-refractivity contribution in [3.63, 3.8) is 0 Å². The van der Waals surface area contributed by atoms with Crippen LogP contribution in [0, 0.1) is 0 Å². The average Bonchev–Trinajstić information content (AvgIpc) is 2.61. The first kappa shape index (κ1) is 15.7. The van der Waals surface area contributed by atoms with Crippen LogP contribution in [-0.2, 0) is 6.42 Å². The number of aromatic hydroxyl groups is 1. The van der Waals surface area contributed by atoms with Gasteiger partial charge in [0.15, 0.2) is 5.78 Å². The molecule has 2 aliphatic rings. The molecule has 2 aromatic carbocycles. The summed E-state index contributed by atoms with van der Waals surface area (Å²) < 4.78 is 5.46. The zero-order chi connectivity index (χ0) is 17.4. The van der Waals surface area contributed by atoms with Gasteiger partial charge in [0.05, 0.1) is 18.2 Å². The van der Waals surface area contributed by atoms with Crippen LogP contribution in [-0.4, -0.2) is 23.4 Å². The highest BCUT2D eigenvalue weighted by molar-refractivity contribution is 6.03. The number of hydrogen-bond acceptors (Lipinski definition) is 4. The molecule has 1 aliphatic heterocycles. The van der Waals surface area contributed by atoms with Crippen molar-refractivity contribution >= 4 is 11.7 Å². The number of fused-ring (bicyclic) bond motifs is 2. The van der Waals surface area contributed by atoms with Crippen molar-refractivity contribution < 1.29 is 19.4 Å². The van der Waals surface area contributed by atoms with E-state index in [1.165, 1.54) is 0 Å². The van der Waals surface area contributed by atoms with E-state index in [0.29, 0.717) is 29.9 Å². The van der Waals surface area contributed by atoms with E-state index in [0.717, 1.165) is 30.4 Å². The molecule has 2 N–H and O–H groups in total. The van der Waals surface area contributed by atoms with Crippen LogP contribution in [0.4, 0.5) is 0 Å². The van der Waals surface area contributed by atoms with Crippen LogP contribution in [0.5, 0.6) is 11.5 Å². The molecule has 1 unspecified atom stereocenters. The Morgan fingerprint density at radius 3 is 2.92 bits per heavy atom. The zero-order valence-corrected chi connectivity index (χ0v) is 13.7. The minimum absolute atomic E-state index is 0.00869. The number of ketones is 1. The Balaban J connectivity index is 1.57. The molecule has 1 atom stereocenters. The molecule has 0 bridgehead atoms. The standard InChI is InChI=1S/C20H19NO4/c22-14-5-6-15-12(10-14)2-1-3-17(15)21-20(24)13-4-7-19-16(11-13)18(23)8-9-25-19/h4-7,10-11,17,22H,1-3,8-9H2,(H,21,24). The average molecular weight is 337 g/mol. The van der Waals surface area contributed by atoms with Gasteiger partial charge in [0, 0.05) is 12.0 Å². The number of ether oxygens (including phenoxy) is 1. The molecule has 0 saturated heterocycles. The molecule has 1 aliphatic carbocycles. The maximum atomic E-state index is 12.7. The monoisotopic (exact) mass is 337 g/mol. The van der Waals surface area contributed by atoms with Gasteiger partial charge < -0.3 is 15.2 Å².